The second-order valence-electron chi connectivity index (χ2n) is 4.44. The lowest BCUT2D eigenvalue weighted by molar-refractivity contribution is -0.127. The molecule has 1 rings (SSSR count). The largest absolute Gasteiger partial charge is 0.381 e. The molecule has 1 unspecified atom stereocenters. The fourth-order valence-corrected chi connectivity index (χ4v) is 1.99. The van der Waals surface area contributed by atoms with Crippen LogP contribution in [0.4, 0.5) is 0 Å². The van der Waals surface area contributed by atoms with Gasteiger partial charge >= 0.3 is 0 Å². The topological polar surface area (TPSA) is 92.4 Å². The molecule has 2 atom stereocenters. The molecule has 5 heteroatoms. The van der Waals surface area contributed by atoms with Gasteiger partial charge in [-0.25, -0.2) is 0 Å². The van der Waals surface area contributed by atoms with Crippen molar-refractivity contribution in [3.05, 3.63) is 34.9 Å². The minimum absolute atomic E-state index is 0.353. The maximum atomic E-state index is 11.0. The molecule has 98 valence electrons. The summed E-state index contributed by atoms with van der Waals surface area (Å²) in [5, 5.41) is 12.0. The van der Waals surface area contributed by atoms with Crippen LogP contribution in [0.3, 0.4) is 0 Å². The van der Waals surface area contributed by atoms with Gasteiger partial charge in [0.2, 0.25) is 12.3 Å². The van der Waals surface area contributed by atoms with E-state index < -0.39 is 18.1 Å². The van der Waals surface area contributed by atoms with Crippen molar-refractivity contribution in [2.24, 2.45) is 5.73 Å². The van der Waals surface area contributed by atoms with Gasteiger partial charge in [-0.3, -0.25) is 9.59 Å². The molecule has 4 N–H and O–H groups in total. The first kappa shape index (κ1) is 14.2. The molecular formula is C13H18N2O3. The Morgan fingerprint density at radius 2 is 1.94 bits per heavy atom. The smallest absolute Gasteiger partial charge is 0.248 e. The first-order valence-electron chi connectivity index (χ1n) is 5.68. The van der Waals surface area contributed by atoms with E-state index in [4.69, 9.17) is 5.73 Å². The molecule has 0 saturated carbocycles. The van der Waals surface area contributed by atoms with Crippen molar-refractivity contribution < 1.29 is 14.7 Å². The molecule has 0 fully saturated rings. The quantitative estimate of drug-likeness (QED) is 0.611. The number of hydrogen-bond acceptors (Lipinski definition) is 3. The number of nitrogens with one attached hydrogen (secondary N) is 1. The average Bonchev–Trinajstić information content (AvgIpc) is 2.26. The summed E-state index contributed by atoms with van der Waals surface area (Å²) in [6, 6.07) is 5.21. The van der Waals surface area contributed by atoms with Crippen molar-refractivity contribution in [2.75, 3.05) is 0 Å². The van der Waals surface area contributed by atoms with E-state index in [9.17, 15) is 14.7 Å². The molecule has 2 amide bonds. The zero-order valence-corrected chi connectivity index (χ0v) is 10.5. The number of amides is 2. The number of carbonyl (C=O) groups excluding carboxylic acids is 2. The predicted octanol–water partition coefficient (Wildman–Crippen LogP) is -0.193. The zero-order chi connectivity index (χ0) is 13.7. The summed E-state index contributed by atoms with van der Waals surface area (Å²) in [5.74, 6) is -0.848. The van der Waals surface area contributed by atoms with E-state index in [0.29, 0.717) is 12.8 Å². The van der Waals surface area contributed by atoms with Crippen LogP contribution < -0.4 is 11.1 Å². The molecule has 1 aromatic carbocycles. The average molecular weight is 250 g/mol. The molecule has 0 radical (unpaired) electrons. The SMILES string of the molecule is Cc1cc(C)cc(C[C@H](NC=O)C(O)C(N)=O)c1. The van der Waals surface area contributed by atoms with Gasteiger partial charge in [0.05, 0.1) is 6.04 Å². The minimum Gasteiger partial charge on any atom is -0.381 e. The molecule has 0 aliphatic heterocycles. The van der Waals surface area contributed by atoms with Crippen LogP contribution in [0.15, 0.2) is 18.2 Å². The summed E-state index contributed by atoms with van der Waals surface area (Å²) in [5.41, 5.74) is 8.15. The highest BCUT2D eigenvalue weighted by atomic mass is 16.3. The number of carbonyl (C=O) groups is 2. The van der Waals surface area contributed by atoms with Gasteiger partial charge in [-0.1, -0.05) is 29.3 Å². The summed E-state index contributed by atoms with van der Waals surface area (Å²) < 4.78 is 0. The van der Waals surface area contributed by atoms with Crippen LogP contribution in [0.1, 0.15) is 16.7 Å². The second-order valence-corrected chi connectivity index (χ2v) is 4.44. The highest BCUT2D eigenvalue weighted by Gasteiger charge is 2.23. The van der Waals surface area contributed by atoms with E-state index in [1.807, 2.05) is 32.0 Å². The number of rotatable bonds is 6. The fourth-order valence-electron chi connectivity index (χ4n) is 1.99. The van der Waals surface area contributed by atoms with Gasteiger partial charge < -0.3 is 16.2 Å². The van der Waals surface area contributed by atoms with Crippen LogP contribution in [-0.4, -0.2) is 29.6 Å². The van der Waals surface area contributed by atoms with Gasteiger partial charge in [0.25, 0.3) is 0 Å². The molecule has 0 bridgehead atoms. The summed E-state index contributed by atoms with van der Waals surface area (Å²) in [4.78, 5) is 21.4. The molecule has 0 aliphatic carbocycles. The van der Waals surface area contributed by atoms with E-state index in [1.54, 1.807) is 0 Å². The van der Waals surface area contributed by atoms with Crippen LogP contribution in [-0.2, 0) is 16.0 Å². The Balaban J connectivity index is 2.88. The number of aryl methyl sites for hydroxylation is 2. The number of aliphatic hydroxyl groups is 1. The van der Waals surface area contributed by atoms with Gasteiger partial charge in [-0.05, 0) is 25.8 Å². The van der Waals surface area contributed by atoms with Crippen LogP contribution in [0.25, 0.3) is 0 Å². The number of benzene rings is 1. The van der Waals surface area contributed by atoms with Crippen molar-refractivity contribution in [2.45, 2.75) is 32.4 Å². The molecule has 0 heterocycles. The van der Waals surface area contributed by atoms with Gasteiger partial charge in [-0.2, -0.15) is 0 Å². The number of nitrogens with two attached hydrogens (primary N) is 1. The Kier molecular flexibility index (Phi) is 4.85. The van der Waals surface area contributed by atoms with E-state index in [1.165, 1.54) is 0 Å². The minimum atomic E-state index is -1.39. The summed E-state index contributed by atoms with van der Waals surface area (Å²) in [6.07, 6.45) is -0.582. The first-order chi connectivity index (χ1) is 8.43. The number of primary amides is 1. The third-order valence-electron chi connectivity index (χ3n) is 2.69. The molecule has 1 aromatic rings. The normalized spacial score (nSPS) is 13.7. The third kappa shape index (κ3) is 3.85. The van der Waals surface area contributed by atoms with Crippen molar-refractivity contribution in [1.82, 2.24) is 5.32 Å². The maximum absolute atomic E-state index is 11.0. The predicted molar refractivity (Wildman–Crippen MR) is 67.8 cm³/mol. The number of aliphatic hydroxyl groups excluding tert-OH is 1. The van der Waals surface area contributed by atoms with Crippen molar-refractivity contribution in [3.63, 3.8) is 0 Å². The lowest BCUT2D eigenvalue weighted by Crippen LogP contribution is -2.47. The Morgan fingerprint density at radius 3 is 2.39 bits per heavy atom. The van der Waals surface area contributed by atoms with Crippen LogP contribution >= 0.6 is 0 Å². The monoisotopic (exact) mass is 250 g/mol. The molecule has 0 saturated heterocycles. The van der Waals surface area contributed by atoms with Crippen molar-refractivity contribution in [1.29, 1.82) is 0 Å². The second kappa shape index (κ2) is 6.16. The van der Waals surface area contributed by atoms with Crippen LogP contribution in [0.5, 0.6) is 0 Å². The molecule has 18 heavy (non-hydrogen) atoms. The zero-order valence-electron chi connectivity index (χ0n) is 10.5. The van der Waals surface area contributed by atoms with E-state index in [-0.39, 0.29) is 0 Å². The summed E-state index contributed by atoms with van der Waals surface area (Å²) in [6.45, 7) is 3.92. The third-order valence-corrected chi connectivity index (χ3v) is 2.69. The maximum Gasteiger partial charge on any atom is 0.248 e. The molecular weight excluding hydrogens is 232 g/mol. The summed E-state index contributed by atoms with van der Waals surface area (Å²) in [7, 11) is 0. The van der Waals surface area contributed by atoms with Crippen LogP contribution in [0.2, 0.25) is 0 Å². The standard InChI is InChI=1S/C13H18N2O3/c1-8-3-9(2)5-10(4-8)6-11(15-7-16)12(17)13(14)18/h3-5,7,11-12,17H,6H2,1-2H3,(H2,14,18)(H,15,16)/t11-,12?/m0/s1. The molecule has 0 spiro atoms. The lowest BCUT2D eigenvalue weighted by atomic mass is 9.98. The van der Waals surface area contributed by atoms with Gasteiger partial charge in [-0.15, -0.1) is 0 Å². The lowest BCUT2D eigenvalue weighted by Gasteiger charge is -2.20. The van der Waals surface area contributed by atoms with E-state index in [0.717, 1.165) is 16.7 Å². The van der Waals surface area contributed by atoms with Crippen molar-refractivity contribution in [3.8, 4) is 0 Å². The van der Waals surface area contributed by atoms with Gasteiger partial charge in [0, 0.05) is 0 Å². The molecule has 0 aliphatic rings. The highest BCUT2D eigenvalue weighted by Crippen LogP contribution is 2.12. The first-order valence-corrected chi connectivity index (χ1v) is 5.68. The number of hydrogen-bond donors (Lipinski definition) is 3. The Labute approximate surface area is 106 Å². The Hall–Kier alpha value is -1.88. The Morgan fingerprint density at radius 1 is 1.39 bits per heavy atom. The fraction of sp³-hybridized carbons (Fsp3) is 0.385. The highest BCUT2D eigenvalue weighted by molar-refractivity contribution is 5.79. The summed E-state index contributed by atoms with van der Waals surface area (Å²) >= 11 is 0. The molecule has 5 nitrogen and oxygen atoms in total. The van der Waals surface area contributed by atoms with Crippen LogP contribution in [0, 0.1) is 13.8 Å². The van der Waals surface area contributed by atoms with Crippen molar-refractivity contribution >= 4 is 12.3 Å². The van der Waals surface area contributed by atoms with E-state index >= 15 is 0 Å². The van der Waals surface area contributed by atoms with E-state index in [2.05, 4.69) is 5.32 Å². The Bertz CT molecular complexity index is 426. The molecule has 0 aromatic heterocycles. The van der Waals surface area contributed by atoms with Gasteiger partial charge in [0.1, 0.15) is 0 Å². The van der Waals surface area contributed by atoms with Gasteiger partial charge in [0.15, 0.2) is 6.10 Å².